The van der Waals surface area contributed by atoms with Crippen molar-refractivity contribution in [2.75, 3.05) is 36.9 Å². The number of halogens is 1. The first-order valence-corrected chi connectivity index (χ1v) is 11.4. The van der Waals surface area contributed by atoms with Crippen LogP contribution in [0, 0.1) is 5.82 Å². The van der Waals surface area contributed by atoms with Crippen LogP contribution in [0.4, 0.5) is 10.1 Å². The van der Waals surface area contributed by atoms with Crippen molar-refractivity contribution < 1.29 is 13.9 Å². The number of likely N-dealkylation sites (tertiary alicyclic amines) is 1. The summed E-state index contributed by atoms with van der Waals surface area (Å²) in [6.07, 6.45) is 4.95. The summed E-state index contributed by atoms with van der Waals surface area (Å²) in [6, 6.07) is 14.0. The van der Waals surface area contributed by atoms with E-state index in [1.54, 1.807) is 28.8 Å². The van der Waals surface area contributed by atoms with Crippen molar-refractivity contribution in [3.8, 4) is 5.75 Å². The lowest BCUT2D eigenvalue weighted by Crippen LogP contribution is -2.31. The number of piperidine rings is 1. The fourth-order valence-electron chi connectivity index (χ4n) is 4.00. The second kappa shape index (κ2) is 9.63. The van der Waals surface area contributed by atoms with E-state index < -0.39 is 0 Å². The summed E-state index contributed by atoms with van der Waals surface area (Å²) in [5.74, 6) is 0.963. The number of hydrogen-bond acceptors (Lipinski definition) is 4. The Labute approximate surface area is 176 Å². The van der Waals surface area contributed by atoms with Crippen LogP contribution in [0.25, 0.3) is 0 Å². The lowest BCUT2D eigenvalue weighted by molar-refractivity contribution is -0.115. The van der Waals surface area contributed by atoms with E-state index in [-0.39, 0.29) is 17.1 Å². The monoisotopic (exact) mass is 414 g/mol. The highest BCUT2D eigenvalue weighted by atomic mass is 32.2. The predicted octanol–water partition coefficient (Wildman–Crippen LogP) is 4.86. The quantitative estimate of drug-likeness (QED) is 0.606. The number of hydrogen-bond donors (Lipinski definition) is 0. The second-order valence-electron chi connectivity index (χ2n) is 7.55. The molecule has 1 amide bonds. The molecule has 2 aliphatic rings. The molecule has 0 spiro atoms. The number of para-hydroxylation sites is 1. The predicted molar refractivity (Wildman–Crippen MR) is 116 cm³/mol. The first-order chi connectivity index (χ1) is 14.2. The maximum atomic E-state index is 13.3. The summed E-state index contributed by atoms with van der Waals surface area (Å²) in [7, 11) is 0. The molecule has 2 heterocycles. The normalized spacial score (nSPS) is 20.2. The molecule has 0 bridgehead atoms. The fraction of sp³-hybridized carbons (Fsp3) is 0.435. The van der Waals surface area contributed by atoms with Gasteiger partial charge in [0.25, 0.3) is 0 Å². The van der Waals surface area contributed by atoms with Gasteiger partial charge in [0, 0.05) is 17.8 Å². The van der Waals surface area contributed by atoms with Gasteiger partial charge in [-0.15, -0.1) is 11.8 Å². The van der Waals surface area contributed by atoms with Crippen LogP contribution in [0.2, 0.25) is 0 Å². The molecule has 6 heteroatoms. The van der Waals surface area contributed by atoms with Crippen molar-refractivity contribution in [1.29, 1.82) is 0 Å². The third-order valence-corrected chi connectivity index (χ3v) is 6.68. The van der Waals surface area contributed by atoms with E-state index in [9.17, 15) is 9.18 Å². The Hall–Kier alpha value is -2.05. The standard InChI is InChI=1S/C23H27FN2O2S/c24-18-9-11-19(12-10-18)26-22(27)17-29-23(26)20-7-2-3-8-21(20)28-16-6-15-25-13-4-1-5-14-25/h2-3,7-12,23H,1,4-6,13-17H2. The van der Waals surface area contributed by atoms with Gasteiger partial charge in [-0.3, -0.25) is 9.69 Å². The molecule has 2 saturated heterocycles. The minimum atomic E-state index is -0.304. The molecule has 4 nitrogen and oxygen atoms in total. The lowest BCUT2D eigenvalue weighted by Gasteiger charge is -2.27. The highest BCUT2D eigenvalue weighted by molar-refractivity contribution is 8.00. The van der Waals surface area contributed by atoms with Gasteiger partial charge in [0.15, 0.2) is 0 Å². The summed E-state index contributed by atoms with van der Waals surface area (Å²) >= 11 is 1.58. The van der Waals surface area contributed by atoms with Crippen molar-refractivity contribution in [2.45, 2.75) is 31.1 Å². The minimum absolute atomic E-state index is 0.0338. The van der Waals surface area contributed by atoms with Crippen molar-refractivity contribution in [1.82, 2.24) is 4.90 Å². The van der Waals surface area contributed by atoms with Crippen LogP contribution in [-0.2, 0) is 4.79 Å². The molecule has 1 unspecified atom stereocenters. The van der Waals surface area contributed by atoms with Gasteiger partial charge in [0.2, 0.25) is 5.91 Å². The summed E-state index contributed by atoms with van der Waals surface area (Å²) in [5.41, 5.74) is 1.71. The molecule has 2 fully saturated rings. The molecule has 29 heavy (non-hydrogen) atoms. The fourth-order valence-corrected chi connectivity index (χ4v) is 5.21. The van der Waals surface area contributed by atoms with Gasteiger partial charge in [-0.05, 0) is 62.7 Å². The molecule has 154 valence electrons. The van der Waals surface area contributed by atoms with Crippen molar-refractivity contribution in [3.05, 3.63) is 59.9 Å². The number of rotatable bonds is 7. The minimum Gasteiger partial charge on any atom is -0.493 e. The highest BCUT2D eigenvalue weighted by Gasteiger charge is 2.35. The SMILES string of the molecule is O=C1CSC(c2ccccc2OCCCN2CCCCC2)N1c1ccc(F)cc1. The molecule has 0 radical (unpaired) electrons. The molecule has 1 atom stereocenters. The molecular formula is C23H27FN2O2S. The Balaban J connectivity index is 1.43. The van der Waals surface area contributed by atoms with Crippen LogP contribution in [-0.4, -0.2) is 42.8 Å². The lowest BCUT2D eigenvalue weighted by atomic mass is 10.1. The molecule has 0 aromatic heterocycles. The number of carbonyl (C=O) groups is 1. The van der Waals surface area contributed by atoms with Crippen molar-refractivity contribution >= 4 is 23.4 Å². The smallest absolute Gasteiger partial charge is 0.238 e. The highest BCUT2D eigenvalue weighted by Crippen LogP contribution is 2.44. The van der Waals surface area contributed by atoms with Crippen LogP contribution in [0.15, 0.2) is 48.5 Å². The van der Waals surface area contributed by atoms with E-state index in [1.807, 2.05) is 24.3 Å². The Morgan fingerprint density at radius 1 is 1.03 bits per heavy atom. The van der Waals surface area contributed by atoms with Gasteiger partial charge < -0.3 is 9.64 Å². The number of ether oxygens (including phenoxy) is 1. The van der Waals surface area contributed by atoms with Gasteiger partial charge in [0.05, 0.1) is 12.4 Å². The first kappa shape index (κ1) is 20.2. The summed E-state index contributed by atoms with van der Waals surface area (Å²) in [4.78, 5) is 16.8. The van der Waals surface area contributed by atoms with Crippen molar-refractivity contribution in [2.24, 2.45) is 0 Å². The van der Waals surface area contributed by atoms with Gasteiger partial charge in [0.1, 0.15) is 16.9 Å². The van der Waals surface area contributed by atoms with E-state index in [4.69, 9.17) is 4.74 Å². The van der Waals surface area contributed by atoms with E-state index in [0.29, 0.717) is 18.0 Å². The topological polar surface area (TPSA) is 32.8 Å². The average Bonchev–Trinajstić information content (AvgIpc) is 3.14. The van der Waals surface area contributed by atoms with E-state index in [2.05, 4.69) is 4.90 Å². The summed E-state index contributed by atoms with van der Waals surface area (Å²) in [5, 5.41) is -0.161. The number of thioether (sulfide) groups is 1. The third kappa shape index (κ3) is 4.93. The van der Waals surface area contributed by atoms with Gasteiger partial charge in [-0.2, -0.15) is 0 Å². The molecule has 0 N–H and O–H groups in total. The maximum absolute atomic E-state index is 13.3. The third-order valence-electron chi connectivity index (χ3n) is 5.48. The Morgan fingerprint density at radius 2 is 1.79 bits per heavy atom. The zero-order valence-electron chi connectivity index (χ0n) is 16.6. The zero-order chi connectivity index (χ0) is 20.1. The molecule has 0 aliphatic carbocycles. The molecule has 2 aliphatic heterocycles. The molecule has 0 saturated carbocycles. The Kier molecular flexibility index (Phi) is 6.72. The molecule has 4 rings (SSSR count). The number of anilines is 1. The molecular weight excluding hydrogens is 387 g/mol. The number of benzene rings is 2. The van der Waals surface area contributed by atoms with E-state index >= 15 is 0 Å². The van der Waals surface area contributed by atoms with Gasteiger partial charge in [-0.1, -0.05) is 24.6 Å². The van der Waals surface area contributed by atoms with E-state index in [1.165, 1.54) is 44.5 Å². The first-order valence-electron chi connectivity index (χ1n) is 10.4. The van der Waals surface area contributed by atoms with E-state index in [0.717, 1.165) is 24.3 Å². The Bertz CT molecular complexity index is 824. The van der Waals surface area contributed by atoms with Crippen molar-refractivity contribution in [3.63, 3.8) is 0 Å². The van der Waals surface area contributed by atoms with Gasteiger partial charge in [-0.25, -0.2) is 4.39 Å². The molecule has 2 aromatic rings. The second-order valence-corrected chi connectivity index (χ2v) is 8.61. The number of carbonyl (C=O) groups excluding carboxylic acids is 1. The zero-order valence-corrected chi connectivity index (χ0v) is 17.4. The van der Waals surface area contributed by atoms with Crippen LogP contribution < -0.4 is 9.64 Å². The van der Waals surface area contributed by atoms with Crippen LogP contribution in [0.1, 0.15) is 36.6 Å². The van der Waals surface area contributed by atoms with Crippen LogP contribution in [0.5, 0.6) is 5.75 Å². The summed E-state index contributed by atoms with van der Waals surface area (Å²) < 4.78 is 19.5. The van der Waals surface area contributed by atoms with Gasteiger partial charge >= 0.3 is 0 Å². The average molecular weight is 415 g/mol. The summed E-state index contributed by atoms with van der Waals surface area (Å²) in [6.45, 7) is 4.13. The number of amides is 1. The Morgan fingerprint density at radius 3 is 2.59 bits per heavy atom. The number of nitrogens with zero attached hydrogens (tertiary/aromatic N) is 2. The largest absolute Gasteiger partial charge is 0.493 e. The maximum Gasteiger partial charge on any atom is 0.238 e. The van der Waals surface area contributed by atoms with Crippen LogP contribution in [0.3, 0.4) is 0 Å². The molecule has 2 aromatic carbocycles. The van der Waals surface area contributed by atoms with Crippen LogP contribution >= 0.6 is 11.8 Å².